The van der Waals surface area contributed by atoms with Crippen LogP contribution in [0.25, 0.3) is 0 Å². The molecular formula is C11H10FN3. The van der Waals surface area contributed by atoms with E-state index in [1.54, 1.807) is 6.07 Å². The average Bonchev–Trinajstić information content (AvgIpc) is 2.25. The van der Waals surface area contributed by atoms with Crippen LogP contribution in [0.3, 0.4) is 0 Å². The second-order valence-corrected chi connectivity index (χ2v) is 2.82. The van der Waals surface area contributed by atoms with Crippen molar-refractivity contribution in [3.05, 3.63) is 29.3 Å². The van der Waals surface area contributed by atoms with E-state index in [9.17, 15) is 4.39 Å². The Bertz CT molecular complexity index is 437. The topological polar surface area (TPSA) is 48.7 Å². The smallest absolute Gasteiger partial charge is 0.176 e. The van der Waals surface area contributed by atoms with E-state index in [2.05, 4.69) is 22.1 Å². The van der Waals surface area contributed by atoms with Crippen LogP contribution in [0.4, 0.5) is 4.39 Å². The zero-order chi connectivity index (χ0) is 11.1. The zero-order valence-corrected chi connectivity index (χ0v) is 8.34. The lowest BCUT2D eigenvalue weighted by molar-refractivity contribution is 0.616. The molecule has 0 saturated carbocycles. The minimum absolute atomic E-state index is 0.198. The molecule has 15 heavy (non-hydrogen) atoms. The van der Waals surface area contributed by atoms with Gasteiger partial charge in [0.05, 0.1) is 0 Å². The molecular weight excluding hydrogens is 193 g/mol. The number of hydrogen-bond donors (Lipinski definition) is 1. The largest absolute Gasteiger partial charge is 0.319 e. The van der Waals surface area contributed by atoms with E-state index in [1.807, 2.05) is 7.05 Å². The lowest BCUT2D eigenvalue weighted by Crippen LogP contribution is -2.05. The van der Waals surface area contributed by atoms with Crippen molar-refractivity contribution in [2.45, 2.75) is 6.42 Å². The standard InChI is InChI=1S/C11H10FN3/c1-14-5-3-2-4-9-6-10(12)11(7-13)15-8-9/h6,8,14H,3,5H2,1H3. The lowest BCUT2D eigenvalue weighted by Gasteiger charge is -1.93. The molecule has 3 nitrogen and oxygen atoms in total. The maximum atomic E-state index is 13.1. The number of nitriles is 1. The molecule has 0 aliphatic heterocycles. The highest BCUT2D eigenvalue weighted by Crippen LogP contribution is 2.04. The third-order valence-electron chi connectivity index (χ3n) is 1.68. The first-order chi connectivity index (χ1) is 7.27. The fourth-order valence-electron chi connectivity index (χ4n) is 0.941. The van der Waals surface area contributed by atoms with Crippen LogP contribution in [0, 0.1) is 29.0 Å². The number of halogens is 1. The van der Waals surface area contributed by atoms with Gasteiger partial charge in [-0.3, -0.25) is 0 Å². The first-order valence-electron chi connectivity index (χ1n) is 4.47. The van der Waals surface area contributed by atoms with E-state index in [4.69, 9.17) is 5.26 Å². The fraction of sp³-hybridized carbons (Fsp3) is 0.273. The zero-order valence-electron chi connectivity index (χ0n) is 8.34. The van der Waals surface area contributed by atoms with Crippen LogP contribution in [0.2, 0.25) is 0 Å². The minimum atomic E-state index is -0.627. The maximum absolute atomic E-state index is 13.1. The van der Waals surface area contributed by atoms with Crippen LogP contribution in [-0.4, -0.2) is 18.6 Å². The quantitative estimate of drug-likeness (QED) is 0.577. The molecule has 0 radical (unpaired) electrons. The van der Waals surface area contributed by atoms with Gasteiger partial charge in [-0.2, -0.15) is 5.26 Å². The van der Waals surface area contributed by atoms with Crippen LogP contribution in [0.1, 0.15) is 17.7 Å². The van der Waals surface area contributed by atoms with Gasteiger partial charge < -0.3 is 5.32 Å². The molecule has 76 valence electrons. The Morgan fingerprint density at radius 3 is 3.00 bits per heavy atom. The Morgan fingerprint density at radius 2 is 2.40 bits per heavy atom. The summed E-state index contributed by atoms with van der Waals surface area (Å²) in [5, 5.41) is 11.4. The highest BCUT2D eigenvalue weighted by molar-refractivity contribution is 5.35. The first-order valence-corrected chi connectivity index (χ1v) is 4.47. The van der Waals surface area contributed by atoms with Crippen molar-refractivity contribution in [1.29, 1.82) is 5.26 Å². The summed E-state index contributed by atoms with van der Waals surface area (Å²) in [4.78, 5) is 3.64. The summed E-state index contributed by atoms with van der Waals surface area (Å²) in [7, 11) is 1.84. The van der Waals surface area contributed by atoms with Crippen molar-refractivity contribution in [3.63, 3.8) is 0 Å². The molecule has 0 amide bonds. The maximum Gasteiger partial charge on any atom is 0.176 e. The second kappa shape index (κ2) is 5.74. The number of nitrogens with one attached hydrogen (secondary N) is 1. The number of aromatic nitrogens is 1. The third-order valence-corrected chi connectivity index (χ3v) is 1.68. The van der Waals surface area contributed by atoms with Crippen LogP contribution in [-0.2, 0) is 0 Å². The van der Waals surface area contributed by atoms with Crippen molar-refractivity contribution in [2.24, 2.45) is 0 Å². The lowest BCUT2D eigenvalue weighted by atomic mass is 10.2. The molecule has 1 heterocycles. The summed E-state index contributed by atoms with van der Waals surface area (Å²) in [6.45, 7) is 0.791. The minimum Gasteiger partial charge on any atom is -0.319 e. The Balaban J connectivity index is 2.75. The van der Waals surface area contributed by atoms with Crippen LogP contribution in [0.15, 0.2) is 12.3 Å². The first kappa shape index (κ1) is 11.2. The third kappa shape index (κ3) is 3.38. The second-order valence-electron chi connectivity index (χ2n) is 2.82. The molecule has 0 spiro atoms. The number of hydrogen-bond acceptors (Lipinski definition) is 3. The summed E-state index contributed by atoms with van der Waals surface area (Å²) >= 11 is 0. The number of nitrogens with zero attached hydrogens (tertiary/aromatic N) is 2. The average molecular weight is 203 g/mol. The van der Waals surface area contributed by atoms with Gasteiger partial charge in [-0.1, -0.05) is 11.8 Å². The fourth-order valence-corrected chi connectivity index (χ4v) is 0.941. The Hall–Kier alpha value is -1.91. The Morgan fingerprint density at radius 1 is 1.60 bits per heavy atom. The van der Waals surface area contributed by atoms with Gasteiger partial charge >= 0.3 is 0 Å². The summed E-state index contributed by atoms with van der Waals surface area (Å²) < 4.78 is 13.1. The molecule has 0 aliphatic rings. The highest BCUT2D eigenvalue weighted by atomic mass is 19.1. The predicted octanol–water partition coefficient (Wildman–Crippen LogP) is 1.05. The van der Waals surface area contributed by atoms with Crippen LogP contribution < -0.4 is 5.32 Å². The van der Waals surface area contributed by atoms with E-state index >= 15 is 0 Å². The molecule has 0 fully saturated rings. The van der Waals surface area contributed by atoms with E-state index in [0.29, 0.717) is 12.0 Å². The summed E-state index contributed by atoms with van der Waals surface area (Å²) in [6.07, 6.45) is 2.09. The van der Waals surface area contributed by atoms with E-state index < -0.39 is 5.82 Å². The van der Waals surface area contributed by atoms with Gasteiger partial charge in [0.15, 0.2) is 11.5 Å². The van der Waals surface area contributed by atoms with E-state index in [1.165, 1.54) is 12.3 Å². The monoisotopic (exact) mass is 203 g/mol. The highest BCUT2D eigenvalue weighted by Gasteiger charge is 2.01. The van der Waals surface area contributed by atoms with E-state index in [0.717, 1.165) is 6.54 Å². The molecule has 0 saturated heterocycles. The normalized spacial score (nSPS) is 8.87. The Labute approximate surface area is 87.9 Å². The predicted molar refractivity (Wildman–Crippen MR) is 54.3 cm³/mol. The number of rotatable bonds is 2. The molecule has 0 atom stereocenters. The van der Waals surface area contributed by atoms with Crippen molar-refractivity contribution in [3.8, 4) is 17.9 Å². The van der Waals surface area contributed by atoms with Gasteiger partial charge in [0, 0.05) is 24.7 Å². The van der Waals surface area contributed by atoms with E-state index in [-0.39, 0.29) is 5.69 Å². The van der Waals surface area contributed by atoms with Gasteiger partial charge in [0.1, 0.15) is 6.07 Å². The molecule has 1 N–H and O–H groups in total. The molecule has 0 bridgehead atoms. The number of pyridine rings is 1. The van der Waals surface area contributed by atoms with Crippen molar-refractivity contribution in [2.75, 3.05) is 13.6 Å². The molecule has 0 unspecified atom stereocenters. The SMILES string of the molecule is CNCCC#Cc1cnc(C#N)c(F)c1. The van der Waals surface area contributed by atoms with Crippen LogP contribution >= 0.6 is 0 Å². The molecule has 0 aliphatic carbocycles. The van der Waals surface area contributed by atoms with Crippen molar-refractivity contribution in [1.82, 2.24) is 10.3 Å². The van der Waals surface area contributed by atoms with Gasteiger partial charge in [-0.15, -0.1) is 0 Å². The van der Waals surface area contributed by atoms with Gasteiger partial charge in [0.2, 0.25) is 0 Å². The molecule has 4 heteroatoms. The van der Waals surface area contributed by atoms with Crippen molar-refractivity contribution >= 4 is 0 Å². The van der Waals surface area contributed by atoms with Gasteiger partial charge in [-0.25, -0.2) is 9.37 Å². The molecule has 0 aromatic carbocycles. The van der Waals surface area contributed by atoms with Crippen molar-refractivity contribution < 1.29 is 4.39 Å². The molecule has 1 rings (SSSR count). The molecule has 1 aromatic heterocycles. The molecule has 1 aromatic rings. The summed E-state index contributed by atoms with van der Waals surface area (Å²) in [6, 6.07) is 2.87. The van der Waals surface area contributed by atoms with Gasteiger partial charge in [-0.05, 0) is 13.1 Å². The summed E-state index contributed by atoms with van der Waals surface area (Å²) in [5.41, 5.74) is 0.290. The van der Waals surface area contributed by atoms with Crippen LogP contribution in [0.5, 0.6) is 0 Å². The Kier molecular flexibility index (Phi) is 4.28. The summed E-state index contributed by atoms with van der Waals surface area (Å²) in [5.74, 6) is 5.01. The van der Waals surface area contributed by atoms with Gasteiger partial charge in [0.25, 0.3) is 0 Å².